The Morgan fingerprint density at radius 2 is 1.81 bits per heavy atom. The molecular formula is C15H15N5S. The van der Waals surface area contributed by atoms with Crippen LogP contribution in [0.15, 0.2) is 59.0 Å². The van der Waals surface area contributed by atoms with Crippen molar-refractivity contribution in [2.75, 3.05) is 0 Å². The highest BCUT2D eigenvalue weighted by molar-refractivity contribution is 7.99. The lowest BCUT2D eigenvalue weighted by Gasteiger charge is -2.07. The van der Waals surface area contributed by atoms with Gasteiger partial charge in [0.25, 0.3) is 0 Å². The van der Waals surface area contributed by atoms with E-state index in [1.54, 1.807) is 18.5 Å². The first-order valence-electron chi connectivity index (χ1n) is 6.58. The smallest absolute Gasteiger partial charge is 0.193 e. The van der Waals surface area contributed by atoms with Gasteiger partial charge in [-0.1, -0.05) is 18.2 Å². The lowest BCUT2D eigenvalue weighted by Crippen LogP contribution is -2.02. The van der Waals surface area contributed by atoms with Crippen molar-refractivity contribution in [3.63, 3.8) is 0 Å². The average Bonchev–Trinajstić information content (AvgIpc) is 2.85. The second-order valence-corrected chi connectivity index (χ2v) is 5.41. The molecule has 0 saturated carbocycles. The molecule has 106 valence electrons. The standard InChI is InChI=1S/C15H15N5S/c1-11-13(10-16)14(21-15-17-8-5-9-18-15)20(19-11)12-6-3-2-4-7-12/h2-9H,10,16H2,1H3. The van der Waals surface area contributed by atoms with E-state index in [1.807, 2.05) is 41.9 Å². The Bertz CT molecular complexity index is 725. The molecule has 0 aliphatic carbocycles. The second-order valence-electron chi connectivity index (χ2n) is 4.45. The maximum absolute atomic E-state index is 5.89. The van der Waals surface area contributed by atoms with E-state index in [0.717, 1.165) is 22.0 Å². The number of para-hydroxylation sites is 1. The minimum atomic E-state index is 0.438. The predicted octanol–water partition coefficient (Wildman–Crippen LogP) is 2.58. The quantitative estimate of drug-likeness (QED) is 0.750. The molecule has 3 aromatic rings. The zero-order chi connectivity index (χ0) is 14.7. The molecule has 0 saturated heterocycles. The Kier molecular flexibility index (Phi) is 3.98. The zero-order valence-electron chi connectivity index (χ0n) is 11.6. The molecule has 21 heavy (non-hydrogen) atoms. The van der Waals surface area contributed by atoms with E-state index in [-0.39, 0.29) is 0 Å². The summed E-state index contributed by atoms with van der Waals surface area (Å²) in [5.41, 5.74) is 8.84. The van der Waals surface area contributed by atoms with Crippen molar-refractivity contribution in [1.82, 2.24) is 19.7 Å². The maximum Gasteiger partial charge on any atom is 0.193 e. The summed E-state index contributed by atoms with van der Waals surface area (Å²) in [6.45, 7) is 2.41. The summed E-state index contributed by atoms with van der Waals surface area (Å²) < 4.78 is 1.90. The van der Waals surface area contributed by atoms with Gasteiger partial charge in [0.2, 0.25) is 0 Å². The van der Waals surface area contributed by atoms with Crippen LogP contribution in [0.2, 0.25) is 0 Å². The first-order chi connectivity index (χ1) is 10.3. The Balaban J connectivity index is 2.09. The zero-order valence-corrected chi connectivity index (χ0v) is 12.4. The predicted molar refractivity (Wildman–Crippen MR) is 82.3 cm³/mol. The third-order valence-corrected chi connectivity index (χ3v) is 4.08. The molecule has 2 aromatic heterocycles. The first-order valence-corrected chi connectivity index (χ1v) is 7.40. The van der Waals surface area contributed by atoms with Crippen molar-refractivity contribution in [1.29, 1.82) is 0 Å². The van der Waals surface area contributed by atoms with E-state index < -0.39 is 0 Å². The second kappa shape index (κ2) is 6.07. The molecule has 2 heterocycles. The fraction of sp³-hybridized carbons (Fsp3) is 0.133. The number of aryl methyl sites for hydroxylation is 1. The van der Waals surface area contributed by atoms with Gasteiger partial charge in [0.05, 0.1) is 11.4 Å². The summed E-state index contributed by atoms with van der Waals surface area (Å²) in [6.07, 6.45) is 3.46. The van der Waals surface area contributed by atoms with Gasteiger partial charge in [-0.3, -0.25) is 0 Å². The van der Waals surface area contributed by atoms with Gasteiger partial charge in [-0.15, -0.1) is 0 Å². The minimum absolute atomic E-state index is 0.438. The Morgan fingerprint density at radius 3 is 2.48 bits per heavy atom. The van der Waals surface area contributed by atoms with Crippen LogP contribution in [0.25, 0.3) is 5.69 Å². The summed E-state index contributed by atoms with van der Waals surface area (Å²) in [6, 6.07) is 11.8. The molecule has 6 heteroatoms. The highest BCUT2D eigenvalue weighted by Crippen LogP contribution is 2.31. The van der Waals surface area contributed by atoms with Crippen LogP contribution in [-0.2, 0) is 6.54 Å². The topological polar surface area (TPSA) is 69.6 Å². The van der Waals surface area contributed by atoms with Crippen LogP contribution < -0.4 is 5.73 Å². The van der Waals surface area contributed by atoms with Gasteiger partial charge in [0.1, 0.15) is 5.03 Å². The Morgan fingerprint density at radius 1 is 1.10 bits per heavy atom. The number of nitrogens with two attached hydrogens (primary N) is 1. The van der Waals surface area contributed by atoms with Gasteiger partial charge in [0.15, 0.2) is 5.16 Å². The molecule has 0 aliphatic heterocycles. The number of hydrogen-bond donors (Lipinski definition) is 1. The van der Waals surface area contributed by atoms with Crippen LogP contribution in [-0.4, -0.2) is 19.7 Å². The van der Waals surface area contributed by atoms with Crippen molar-refractivity contribution in [2.45, 2.75) is 23.7 Å². The summed E-state index contributed by atoms with van der Waals surface area (Å²) in [5, 5.41) is 6.26. The summed E-state index contributed by atoms with van der Waals surface area (Å²) >= 11 is 1.48. The monoisotopic (exact) mass is 297 g/mol. The third kappa shape index (κ3) is 2.81. The van der Waals surface area contributed by atoms with Crippen molar-refractivity contribution in [3.8, 4) is 5.69 Å². The Hall–Kier alpha value is -2.18. The van der Waals surface area contributed by atoms with Crippen LogP contribution in [0.4, 0.5) is 0 Å². The summed E-state index contributed by atoms with van der Waals surface area (Å²) in [7, 11) is 0. The maximum atomic E-state index is 5.89. The molecule has 0 fully saturated rings. The van der Waals surface area contributed by atoms with E-state index in [2.05, 4.69) is 15.1 Å². The number of rotatable bonds is 4. The third-order valence-electron chi connectivity index (χ3n) is 3.07. The van der Waals surface area contributed by atoms with Gasteiger partial charge in [-0.25, -0.2) is 14.6 Å². The van der Waals surface area contributed by atoms with Crippen LogP contribution in [0, 0.1) is 6.92 Å². The highest BCUT2D eigenvalue weighted by Gasteiger charge is 2.17. The van der Waals surface area contributed by atoms with Crippen molar-refractivity contribution in [3.05, 3.63) is 60.0 Å². The van der Waals surface area contributed by atoms with Crippen LogP contribution >= 0.6 is 11.8 Å². The molecule has 3 rings (SSSR count). The molecule has 0 atom stereocenters. The molecule has 0 aliphatic rings. The van der Waals surface area contributed by atoms with Crippen LogP contribution in [0.5, 0.6) is 0 Å². The van der Waals surface area contributed by atoms with E-state index in [1.165, 1.54) is 11.8 Å². The van der Waals surface area contributed by atoms with E-state index in [0.29, 0.717) is 11.7 Å². The van der Waals surface area contributed by atoms with Gasteiger partial charge in [-0.05, 0) is 36.9 Å². The van der Waals surface area contributed by atoms with E-state index in [9.17, 15) is 0 Å². The molecular weight excluding hydrogens is 282 g/mol. The molecule has 1 aromatic carbocycles. The molecule has 0 radical (unpaired) electrons. The fourth-order valence-corrected chi connectivity index (χ4v) is 3.03. The van der Waals surface area contributed by atoms with Crippen molar-refractivity contribution < 1.29 is 0 Å². The fourth-order valence-electron chi connectivity index (χ4n) is 2.05. The van der Waals surface area contributed by atoms with Gasteiger partial charge >= 0.3 is 0 Å². The van der Waals surface area contributed by atoms with E-state index in [4.69, 9.17) is 5.73 Å². The molecule has 0 amide bonds. The molecule has 2 N–H and O–H groups in total. The first kappa shape index (κ1) is 13.8. The summed E-state index contributed by atoms with van der Waals surface area (Å²) in [5.74, 6) is 0. The average molecular weight is 297 g/mol. The largest absolute Gasteiger partial charge is 0.326 e. The highest BCUT2D eigenvalue weighted by atomic mass is 32.2. The van der Waals surface area contributed by atoms with Crippen molar-refractivity contribution >= 4 is 11.8 Å². The Labute approximate surface area is 127 Å². The van der Waals surface area contributed by atoms with Gasteiger partial charge < -0.3 is 5.73 Å². The number of nitrogens with zero attached hydrogens (tertiary/aromatic N) is 4. The number of hydrogen-bond acceptors (Lipinski definition) is 5. The molecule has 0 unspecified atom stereocenters. The lowest BCUT2D eigenvalue weighted by molar-refractivity contribution is 0.785. The van der Waals surface area contributed by atoms with Crippen LogP contribution in [0.3, 0.4) is 0 Å². The SMILES string of the molecule is Cc1nn(-c2ccccc2)c(Sc2ncccn2)c1CN. The van der Waals surface area contributed by atoms with Crippen molar-refractivity contribution in [2.24, 2.45) is 5.73 Å². The number of aromatic nitrogens is 4. The lowest BCUT2D eigenvalue weighted by atomic mass is 10.3. The molecule has 0 bridgehead atoms. The van der Waals surface area contributed by atoms with Gasteiger partial charge in [0, 0.05) is 24.5 Å². The summed E-state index contributed by atoms with van der Waals surface area (Å²) in [4.78, 5) is 8.53. The normalized spacial score (nSPS) is 10.8. The molecule has 0 spiro atoms. The number of benzene rings is 1. The minimum Gasteiger partial charge on any atom is -0.326 e. The molecule has 5 nitrogen and oxygen atoms in total. The van der Waals surface area contributed by atoms with Gasteiger partial charge in [-0.2, -0.15) is 5.10 Å². The van der Waals surface area contributed by atoms with Crippen LogP contribution in [0.1, 0.15) is 11.3 Å². The van der Waals surface area contributed by atoms with E-state index >= 15 is 0 Å².